The average Bonchev–Trinajstić information content (AvgIpc) is 2.81. The van der Waals surface area contributed by atoms with Crippen LogP contribution in [0.2, 0.25) is 5.15 Å². The summed E-state index contributed by atoms with van der Waals surface area (Å²) >= 11 is 6.19. The summed E-state index contributed by atoms with van der Waals surface area (Å²) in [6.07, 6.45) is 4.56. The van der Waals surface area contributed by atoms with E-state index in [0.29, 0.717) is 22.6 Å². The van der Waals surface area contributed by atoms with Crippen LogP contribution < -0.4 is 4.74 Å². The maximum Gasteiger partial charge on any atom is 0.227 e. The predicted octanol–water partition coefficient (Wildman–Crippen LogP) is 4.13. The summed E-state index contributed by atoms with van der Waals surface area (Å²) in [7, 11) is 0. The Hall–Kier alpha value is -1.62. The van der Waals surface area contributed by atoms with Crippen LogP contribution in [-0.2, 0) is 12.0 Å². The third kappa shape index (κ3) is 3.73. The van der Waals surface area contributed by atoms with E-state index in [2.05, 4.69) is 22.0 Å². The molecule has 114 valence electrons. The van der Waals surface area contributed by atoms with Crippen LogP contribution >= 0.6 is 11.6 Å². The van der Waals surface area contributed by atoms with E-state index in [1.165, 1.54) is 0 Å². The Morgan fingerprint density at radius 3 is 2.62 bits per heavy atom. The standard InChI is InChI=1S/C15H21ClN4O/c1-6-7-20-9-11(8-17-20)21-13-10(2)12(16)18-14(19-13)15(3,4)5/h8-9H,6-7H2,1-5H3. The molecule has 0 aromatic carbocycles. The molecule has 0 aliphatic carbocycles. The van der Waals surface area contributed by atoms with Crippen LogP contribution in [0.3, 0.4) is 0 Å². The van der Waals surface area contributed by atoms with Crippen LogP contribution in [0.15, 0.2) is 12.4 Å². The lowest BCUT2D eigenvalue weighted by Gasteiger charge is -2.18. The van der Waals surface area contributed by atoms with Crippen molar-refractivity contribution in [3.63, 3.8) is 0 Å². The summed E-state index contributed by atoms with van der Waals surface area (Å²) in [5.41, 5.74) is 0.537. The fourth-order valence-corrected chi connectivity index (χ4v) is 1.93. The van der Waals surface area contributed by atoms with Crippen molar-refractivity contribution in [1.82, 2.24) is 19.7 Å². The third-order valence-electron chi connectivity index (χ3n) is 2.99. The zero-order chi connectivity index (χ0) is 15.6. The molecule has 2 aromatic rings. The van der Waals surface area contributed by atoms with Crippen molar-refractivity contribution >= 4 is 11.6 Å². The Labute approximate surface area is 130 Å². The Morgan fingerprint density at radius 1 is 1.29 bits per heavy atom. The van der Waals surface area contributed by atoms with Gasteiger partial charge in [0.25, 0.3) is 0 Å². The van der Waals surface area contributed by atoms with Gasteiger partial charge in [0.1, 0.15) is 11.0 Å². The first-order valence-corrected chi connectivity index (χ1v) is 7.44. The van der Waals surface area contributed by atoms with Gasteiger partial charge in [0.05, 0.1) is 12.4 Å². The molecule has 5 nitrogen and oxygen atoms in total. The largest absolute Gasteiger partial charge is 0.435 e. The maximum atomic E-state index is 6.19. The summed E-state index contributed by atoms with van der Waals surface area (Å²) in [4.78, 5) is 8.83. The lowest BCUT2D eigenvalue weighted by atomic mass is 9.96. The Kier molecular flexibility index (Phi) is 4.52. The Bertz CT molecular complexity index is 631. The number of aryl methyl sites for hydroxylation is 1. The molecule has 0 radical (unpaired) electrons. The van der Waals surface area contributed by atoms with Gasteiger partial charge in [-0.2, -0.15) is 10.1 Å². The minimum atomic E-state index is -0.193. The molecule has 2 rings (SSSR count). The number of ether oxygens (including phenoxy) is 1. The van der Waals surface area contributed by atoms with E-state index < -0.39 is 0 Å². The molecule has 0 saturated carbocycles. The highest BCUT2D eigenvalue weighted by Gasteiger charge is 2.21. The van der Waals surface area contributed by atoms with Gasteiger partial charge in [0.2, 0.25) is 5.88 Å². The van der Waals surface area contributed by atoms with Crippen LogP contribution in [-0.4, -0.2) is 19.7 Å². The van der Waals surface area contributed by atoms with Crippen molar-refractivity contribution in [2.24, 2.45) is 0 Å². The zero-order valence-electron chi connectivity index (χ0n) is 13.1. The normalized spacial score (nSPS) is 11.7. The molecule has 0 aliphatic heterocycles. The summed E-state index contributed by atoms with van der Waals surface area (Å²) in [6.45, 7) is 10.9. The molecule has 0 saturated heterocycles. The van der Waals surface area contributed by atoms with Gasteiger partial charge >= 0.3 is 0 Å². The van der Waals surface area contributed by atoms with Crippen molar-refractivity contribution in [2.75, 3.05) is 0 Å². The van der Waals surface area contributed by atoms with Crippen molar-refractivity contribution in [2.45, 2.75) is 53.0 Å². The van der Waals surface area contributed by atoms with E-state index in [1.807, 2.05) is 38.6 Å². The van der Waals surface area contributed by atoms with Crippen LogP contribution in [0.4, 0.5) is 0 Å². The van der Waals surface area contributed by atoms with Gasteiger partial charge in [-0.15, -0.1) is 0 Å². The van der Waals surface area contributed by atoms with Gasteiger partial charge in [-0.1, -0.05) is 39.3 Å². The smallest absolute Gasteiger partial charge is 0.227 e. The first-order valence-electron chi connectivity index (χ1n) is 7.06. The molecule has 21 heavy (non-hydrogen) atoms. The van der Waals surface area contributed by atoms with Crippen molar-refractivity contribution in [3.05, 3.63) is 28.9 Å². The molecule has 2 heterocycles. The number of rotatable bonds is 4. The quantitative estimate of drug-likeness (QED) is 0.797. The molecule has 0 bridgehead atoms. The molecule has 0 fully saturated rings. The average molecular weight is 309 g/mol. The van der Waals surface area contributed by atoms with Gasteiger partial charge in [0.15, 0.2) is 5.75 Å². The van der Waals surface area contributed by atoms with Crippen molar-refractivity contribution < 1.29 is 4.74 Å². The third-order valence-corrected chi connectivity index (χ3v) is 3.36. The predicted molar refractivity (Wildman–Crippen MR) is 83.1 cm³/mol. The van der Waals surface area contributed by atoms with E-state index in [1.54, 1.807) is 6.20 Å². The Balaban J connectivity index is 2.32. The monoisotopic (exact) mass is 308 g/mol. The molecule has 2 aromatic heterocycles. The lowest BCUT2D eigenvalue weighted by molar-refractivity contribution is 0.440. The molecule has 0 spiro atoms. The number of hydrogen-bond donors (Lipinski definition) is 0. The van der Waals surface area contributed by atoms with E-state index >= 15 is 0 Å². The lowest BCUT2D eigenvalue weighted by Crippen LogP contribution is -2.17. The summed E-state index contributed by atoms with van der Waals surface area (Å²) in [6, 6.07) is 0. The fourth-order valence-electron chi connectivity index (χ4n) is 1.77. The highest BCUT2D eigenvalue weighted by atomic mass is 35.5. The first-order chi connectivity index (χ1) is 9.81. The second kappa shape index (κ2) is 6.02. The molecule has 0 amide bonds. The van der Waals surface area contributed by atoms with Crippen LogP contribution in [0.1, 0.15) is 45.5 Å². The van der Waals surface area contributed by atoms with E-state index in [9.17, 15) is 0 Å². The topological polar surface area (TPSA) is 52.8 Å². The second-order valence-electron chi connectivity index (χ2n) is 6.06. The zero-order valence-corrected chi connectivity index (χ0v) is 13.9. The van der Waals surface area contributed by atoms with Gasteiger partial charge in [0, 0.05) is 17.5 Å². The number of nitrogens with zero attached hydrogens (tertiary/aromatic N) is 4. The first kappa shape index (κ1) is 15.8. The molecule has 6 heteroatoms. The highest BCUT2D eigenvalue weighted by molar-refractivity contribution is 6.30. The molecule has 0 N–H and O–H groups in total. The number of halogens is 1. The number of aromatic nitrogens is 4. The summed E-state index contributed by atoms with van der Waals surface area (Å²) in [5.74, 6) is 1.80. The molecule has 0 atom stereocenters. The van der Waals surface area contributed by atoms with E-state index in [4.69, 9.17) is 16.3 Å². The van der Waals surface area contributed by atoms with Crippen molar-refractivity contribution in [1.29, 1.82) is 0 Å². The molecule has 0 aliphatic rings. The Morgan fingerprint density at radius 2 is 2.00 bits per heavy atom. The fraction of sp³-hybridized carbons (Fsp3) is 0.533. The van der Waals surface area contributed by atoms with Gasteiger partial charge in [-0.3, -0.25) is 4.68 Å². The van der Waals surface area contributed by atoms with Gasteiger partial charge in [-0.05, 0) is 13.3 Å². The summed E-state index contributed by atoms with van der Waals surface area (Å²) < 4.78 is 7.68. The SMILES string of the molecule is CCCn1cc(Oc2nc(C(C)(C)C)nc(Cl)c2C)cn1. The van der Waals surface area contributed by atoms with Crippen LogP contribution in [0, 0.1) is 6.92 Å². The molecular formula is C15H21ClN4O. The number of hydrogen-bond acceptors (Lipinski definition) is 4. The minimum absolute atomic E-state index is 0.193. The van der Waals surface area contributed by atoms with Crippen LogP contribution in [0.25, 0.3) is 0 Å². The summed E-state index contributed by atoms with van der Waals surface area (Å²) in [5, 5.41) is 4.66. The maximum absolute atomic E-state index is 6.19. The highest BCUT2D eigenvalue weighted by Crippen LogP contribution is 2.30. The van der Waals surface area contributed by atoms with Crippen LogP contribution in [0.5, 0.6) is 11.6 Å². The van der Waals surface area contributed by atoms with E-state index in [-0.39, 0.29) is 5.41 Å². The minimum Gasteiger partial charge on any atom is -0.435 e. The van der Waals surface area contributed by atoms with Crippen molar-refractivity contribution in [3.8, 4) is 11.6 Å². The van der Waals surface area contributed by atoms with Gasteiger partial charge < -0.3 is 4.74 Å². The van der Waals surface area contributed by atoms with E-state index in [0.717, 1.165) is 18.5 Å². The second-order valence-corrected chi connectivity index (χ2v) is 6.42. The molecular weight excluding hydrogens is 288 g/mol. The van der Waals surface area contributed by atoms with Gasteiger partial charge in [-0.25, -0.2) is 4.98 Å². The molecule has 0 unspecified atom stereocenters.